The van der Waals surface area contributed by atoms with Gasteiger partial charge in [-0.05, 0) is 54.6 Å². The number of nitrogens with one attached hydrogen (secondary N) is 1. The molecule has 3 nitrogen and oxygen atoms in total. The second-order valence-corrected chi connectivity index (χ2v) is 5.49. The van der Waals surface area contributed by atoms with Gasteiger partial charge in [0.15, 0.2) is 0 Å². The third-order valence-corrected chi connectivity index (χ3v) is 3.46. The van der Waals surface area contributed by atoms with Crippen LogP contribution in [0.5, 0.6) is 0 Å². The van der Waals surface area contributed by atoms with E-state index in [0.717, 1.165) is 13.0 Å². The molecule has 0 amide bonds. The van der Waals surface area contributed by atoms with E-state index in [1.54, 1.807) is 0 Å². The molecule has 0 radical (unpaired) electrons. The molecule has 92 valence electrons. The maximum atomic E-state index is 5.90. The zero-order valence-corrected chi connectivity index (χ0v) is 11.4. The molecule has 1 aliphatic heterocycles. The summed E-state index contributed by atoms with van der Waals surface area (Å²) in [7, 11) is 1.75. The summed E-state index contributed by atoms with van der Waals surface area (Å²) in [6, 6.07) is 0. The molecule has 0 aromatic carbocycles. The van der Waals surface area contributed by atoms with Gasteiger partial charge in [-0.15, -0.1) is 0 Å². The Balaban J connectivity index is 2.59. The largest absolute Gasteiger partial charge is 0.487 e. The van der Waals surface area contributed by atoms with E-state index < -0.39 is 0 Å². The Labute approximate surface area is 99.7 Å². The molecule has 16 heavy (non-hydrogen) atoms. The van der Waals surface area contributed by atoms with Gasteiger partial charge >= 0.3 is 7.12 Å². The fourth-order valence-electron chi connectivity index (χ4n) is 1.59. The van der Waals surface area contributed by atoms with E-state index >= 15 is 0 Å². The van der Waals surface area contributed by atoms with E-state index in [0.29, 0.717) is 0 Å². The molecule has 0 atom stereocenters. The molecule has 0 aromatic heterocycles. The Hall–Kier alpha value is -0.315. The normalized spacial score (nSPS) is 23.9. The average Bonchev–Trinajstić information content (AvgIpc) is 2.31. The van der Waals surface area contributed by atoms with E-state index in [1.165, 1.54) is 5.57 Å². The molecule has 0 spiro atoms. The van der Waals surface area contributed by atoms with Crippen molar-refractivity contribution in [3.05, 3.63) is 11.5 Å². The van der Waals surface area contributed by atoms with Crippen LogP contribution in [-0.2, 0) is 9.31 Å². The van der Waals surface area contributed by atoms with Gasteiger partial charge in [0.05, 0.1) is 11.2 Å². The zero-order chi connectivity index (χ0) is 12.4. The molecule has 0 saturated carbocycles. The third kappa shape index (κ3) is 3.09. The molecule has 0 aliphatic carbocycles. The van der Waals surface area contributed by atoms with Gasteiger partial charge in [-0.2, -0.15) is 0 Å². The number of hydrogen-bond acceptors (Lipinski definition) is 3. The van der Waals surface area contributed by atoms with Gasteiger partial charge in [0.1, 0.15) is 0 Å². The van der Waals surface area contributed by atoms with Crippen LogP contribution in [0.3, 0.4) is 0 Å². The lowest BCUT2D eigenvalue weighted by molar-refractivity contribution is 0.00578. The highest BCUT2D eigenvalue weighted by molar-refractivity contribution is 6.51. The van der Waals surface area contributed by atoms with Crippen molar-refractivity contribution in [1.82, 2.24) is 5.32 Å². The van der Waals surface area contributed by atoms with Crippen LogP contribution in [0, 0.1) is 0 Å². The lowest BCUT2D eigenvalue weighted by Crippen LogP contribution is -2.41. The minimum atomic E-state index is -0.239. The maximum absolute atomic E-state index is 5.90. The first-order valence-electron chi connectivity index (χ1n) is 5.96. The predicted molar refractivity (Wildman–Crippen MR) is 68.4 cm³/mol. The molecule has 0 unspecified atom stereocenters. The van der Waals surface area contributed by atoms with E-state index in [1.807, 2.05) is 7.05 Å². The monoisotopic (exact) mass is 225 g/mol. The summed E-state index contributed by atoms with van der Waals surface area (Å²) in [6.07, 6.45) is 1.03. The fraction of sp³-hybridized carbons (Fsp3) is 0.833. The standard InChI is InChI=1S/C12H24BNO2/c1-10(7-8-14-6)9-13-15-11(2,3)12(4,5)16-13/h9,14H,7-8H2,1-6H3/b10-9-. The fourth-order valence-corrected chi connectivity index (χ4v) is 1.59. The van der Waals surface area contributed by atoms with Crippen LogP contribution in [-0.4, -0.2) is 31.9 Å². The Morgan fingerprint density at radius 3 is 2.12 bits per heavy atom. The van der Waals surface area contributed by atoms with Crippen molar-refractivity contribution in [3.8, 4) is 0 Å². The van der Waals surface area contributed by atoms with Crippen LogP contribution < -0.4 is 5.32 Å². The van der Waals surface area contributed by atoms with Crippen molar-refractivity contribution >= 4 is 7.12 Å². The van der Waals surface area contributed by atoms with Crippen molar-refractivity contribution in [2.75, 3.05) is 13.6 Å². The van der Waals surface area contributed by atoms with Gasteiger partial charge in [0.25, 0.3) is 0 Å². The number of hydrogen-bond donors (Lipinski definition) is 1. The van der Waals surface area contributed by atoms with E-state index in [9.17, 15) is 0 Å². The van der Waals surface area contributed by atoms with Gasteiger partial charge in [0.2, 0.25) is 0 Å². The highest BCUT2D eigenvalue weighted by Crippen LogP contribution is 2.37. The Kier molecular flexibility index (Phi) is 4.21. The first-order valence-corrected chi connectivity index (χ1v) is 5.96. The summed E-state index contributed by atoms with van der Waals surface area (Å²) >= 11 is 0. The SMILES string of the molecule is CNCC/C(C)=C\B1OC(C)(C)C(C)(C)O1. The summed E-state index contributed by atoms with van der Waals surface area (Å²) < 4.78 is 11.8. The predicted octanol–water partition coefficient (Wildman–Crippen LogP) is 2.17. The second kappa shape index (κ2) is 4.90. The summed E-state index contributed by atoms with van der Waals surface area (Å²) in [6.45, 7) is 11.4. The minimum absolute atomic E-state index is 0.207. The Bertz CT molecular complexity index is 258. The molecular formula is C12H24BNO2. The molecular weight excluding hydrogens is 201 g/mol. The average molecular weight is 225 g/mol. The van der Waals surface area contributed by atoms with Gasteiger partial charge in [0, 0.05) is 0 Å². The number of rotatable bonds is 4. The van der Waals surface area contributed by atoms with Gasteiger partial charge in [-0.3, -0.25) is 0 Å². The van der Waals surface area contributed by atoms with Crippen molar-refractivity contribution in [2.24, 2.45) is 0 Å². The third-order valence-electron chi connectivity index (χ3n) is 3.46. The van der Waals surface area contributed by atoms with E-state index in [4.69, 9.17) is 9.31 Å². The quantitative estimate of drug-likeness (QED) is 0.744. The van der Waals surface area contributed by atoms with Crippen molar-refractivity contribution < 1.29 is 9.31 Å². The second-order valence-electron chi connectivity index (χ2n) is 5.49. The van der Waals surface area contributed by atoms with Crippen molar-refractivity contribution in [1.29, 1.82) is 0 Å². The topological polar surface area (TPSA) is 30.5 Å². The van der Waals surface area contributed by atoms with Crippen LogP contribution in [0.2, 0.25) is 0 Å². The summed E-state index contributed by atoms with van der Waals surface area (Å²) in [5, 5.41) is 3.13. The molecule has 1 fully saturated rings. The van der Waals surface area contributed by atoms with Crippen LogP contribution in [0.15, 0.2) is 11.5 Å². The van der Waals surface area contributed by atoms with Crippen molar-refractivity contribution in [3.63, 3.8) is 0 Å². The van der Waals surface area contributed by atoms with Gasteiger partial charge < -0.3 is 14.6 Å². The Morgan fingerprint density at radius 2 is 1.69 bits per heavy atom. The van der Waals surface area contributed by atoms with Crippen LogP contribution in [0.25, 0.3) is 0 Å². The molecule has 1 aliphatic rings. The highest BCUT2D eigenvalue weighted by atomic mass is 16.7. The van der Waals surface area contributed by atoms with Gasteiger partial charge in [-0.1, -0.05) is 11.5 Å². The molecule has 4 heteroatoms. The van der Waals surface area contributed by atoms with Crippen LogP contribution >= 0.6 is 0 Å². The van der Waals surface area contributed by atoms with Crippen LogP contribution in [0.1, 0.15) is 41.0 Å². The zero-order valence-electron chi connectivity index (χ0n) is 11.4. The molecule has 1 rings (SSSR count). The smallest absolute Gasteiger partial charge is 0.400 e. The molecule has 1 saturated heterocycles. The summed E-state index contributed by atoms with van der Waals surface area (Å²) in [5.41, 5.74) is 0.822. The lowest BCUT2D eigenvalue weighted by atomic mass is 9.86. The summed E-state index contributed by atoms with van der Waals surface area (Å²) in [4.78, 5) is 0. The first-order chi connectivity index (χ1) is 7.28. The van der Waals surface area contributed by atoms with E-state index in [2.05, 4.69) is 45.9 Å². The molecule has 0 bridgehead atoms. The Morgan fingerprint density at radius 1 is 1.19 bits per heavy atom. The summed E-state index contributed by atoms with van der Waals surface area (Å²) in [5.74, 6) is 2.08. The highest BCUT2D eigenvalue weighted by Gasteiger charge is 2.50. The van der Waals surface area contributed by atoms with Crippen LogP contribution in [0.4, 0.5) is 0 Å². The lowest BCUT2D eigenvalue weighted by Gasteiger charge is -2.32. The first kappa shape index (κ1) is 13.7. The van der Waals surface area contributed by atoms with E-state index in [-0.39, 0.29) is 18.3 Å². The molecule has 0 aromatic rings. The molecule has 1 N–H and O–H groups in total. The molecule has 1 heterocycles. The van der Waals surface area contributed by atoms with Crippen molar-refractivity contribution in [2.45, 2.75) is 52.2 Å². The van der Waals surface area contributed by atoms with Gasteiger partial charge in [-0.25, -0.2) is 0 Å². The maximum Gasteiger partial charge on any atom is 0.487 e. The minimum Gasteiger partial charge on any atom is -0.400 e.